The van der Waals surface area contributed by atoms with E-state index in [1.165, 1.54) is 30.6 Å². The second-order valence-electron chi connectivity index (χ2n) is 6.09. The van der Waals surface area contributed by atoms with Crippen LogP contribution in [0.25, 0.3) is 0 Å². The predicted octanol–water partition coefficient (Wildman–Crippen LogP) is 4.05. The normalized spacial score (nSPS) is 32.6. The van der Waals surface area contributed by atoms with Gasteiger partial charge in [0.2, 0.25) is 0 Å². The molecule has 3 rings (SSSR count). The molecule has 0 aromatic carbocycles. The topological polar surface area (TPSA) is 35.5 Å². The Morgan fingerprint density at radius 1 is 1.00 bits per heavy atom. The van der Waals surface area contributed by atoms with Crippen LogP contribution in [0, 0.1) is 23.7 Å². The van der Waals surface area contributed by atoms with Crippen LogP contribution in [0.1, 0.15) is 59.3 Å². The molecule has 0 spiro atoms. The third kappa shape index (κ3) is 5.08. The van der Waals surface area contributed by atoms with E-state index in [9.17, 15) is 4.79 Å². The number of fused-ring (bicyclic) bond motifs is 5. The largest absolute Gasteiger partial charge is 0.466 e. The maximum atomic E-state index is 9.82. The van der Waals surface area contributed by atoms with Gasteiger partial charge in [-0.15, -0.1) is 0 Å². The van der Waals surface area contributed by atoms with E-state index in [4.69, 9.17) is 0 Å². The molecule has 3 aliphatic carbocycles. The summed E-state index contributed by atoms with van der Waals surface area (Å²) in [5.41, 5.74) is 0. The van der Waals surface area contributed by atoms with Crippen molar-refractivity contribution in [2.75, 3.05) is 20.3 Å². The Hall–Kier alpha value is -0.570. The standard InChI is InChI=1S/C10H16.C4H8O2.C3H8O/c1-2-9-7-4-5-8(6-7)10(9)3-1;1-3-6-4(2)5;1-3-4-2/h7-10H,1-6H2;3H2,1-2H3;3H2,1-2H3. The van der Waals surface area contributed by atoms with Crippen molar-refractivity contribution in [1.29, 1.82) is 0 Å². The second-order valence-corrected chi connectivity index (χ2v) is 6.09. The van der Waals surface area contributed by atoms with Gasteiger partial charge in [0, 0.05) is 20.6 Å². The molecule has 4 atom stereocenters. The zero-order valence-corrected chi connectivity index (χ0v) is 13.7. The Bertz CT molecular complexity index is 259. The lowest BCUT2D eigenvalue weighted by molar-refractivity contribution is -0.140. The van der Waals surface area contributed by atoms with Crippen LogP contribution in [0.15, 0.2) is 0 Å². The fourth-order valence-electron chi connectivity index (χ4n) is 4.22. The van der Waals surface area contributed by atoms with Crippen molar-refractivity contribution in [3.63, 3.8) is 0 Å². The Morgan fingerprint density at radius 3 is 1.80 bits per heavy atom. The van der Waals surface area contributed by atoms with Crippen molar-refractivity contribution in [3.8, 4) is 0 Å². The highest BCUT2D eigenvalue weighted by atomic mass is 16.5. The zero-order valence-electron chi connectivity index (χ0n) is 13.7. The molecule has 2 bridgehead atoms. The summed E-state index contributed by atoms with van der Waals surface area (Å²) >= 11 is 0. The highest BCUT2D eigenvalue weighted by molar-refractivity contribution is 5.65. The zero-order chi connectivity index (χ0) is 15.0. The minimum absolute atomic E-state index is 0.211. The third-order valence-corrected chi connectivity index (χ3v) is 4.99. The molecule has 0 amide bonds. The molecule has 118 valence electrons. The monoisotopic (exact) mass is 284 g/mol. The molecule has 3 heteroatoms. The van der Waals surface area contributed by atoms with Crippen LogP contribution in [0.2, 0.25) is 0 Å². The summed E-state index contributed by atoms with van der Waals surface area (Å²) in [5, 5.41) is 0. The quantitative estimate of drug-likeness (QED) is 0.717. The van der Waals surface area contributed by atoms with Gasteiger partial charge < -0.3 is 9.47 Å². The average molecular weight is 284 g/mol. The van der Waals surface area contributed by atoms with Gasteiger partial charge in [-0.25, -0.2) is 0 Å². The molecule has 0 heterocycles. The van der Waals surface area contributed by atoms with Gasteiger partial charge in [-0.3, -0.25) is 4.79 Å². The number of methoxy groups -OCH3 is 1. The lowest BCUT2D eigenvalue weighted by Crippen LogP contribution is -2.15. The maximum absolute atomic E-state index is 9.82. The molecule has 20 heavy (non-hydrogen) atoms. The van der Waals surface area contributed by atoms with Gasteiger partial charge in [0.1, 0.15) is 0 Å². The number of ether oxygens (including phenoxy) is 2. The van der Waals surface area contributed by atoms with Crippen LogP contribution in [0.3, 0.4) is 0 Å². The van der Waals surface area contributed by atoms with Gasteiger partial charge in [-0.05, 0) is 69.6 Å². The molecule has 0 aliphatic heterocycles. The molecule has 3 fully saturated rings. The second kappa shape index (κ2) is 9.38. The van der Waals surface area contributed by atoms with Crippen molar-refractivity contribution in [1.82, 2.24) is 0 Å². The van der Waals surface area contributed by atoms with E-state index in [0.717, 1.165) is 6.61 Å². The molecule has 0 N–H and O–H groups in total. The van der Waals surface area contributed by atoms with Crippen LogP contribution < -0.4 is 0 Å². The molecule has 0 aromatic rings. The highest BCUT2D eigenvalue weighted by Crippen LogP contribution is 2.58. The van der Waals surface area contributed by atoms with E-state index < -0.39 is 0 Å². The van der Waals surface area contributed by atoms with Crippen LogP contribution in [0.5, 0.6) is 0 Å². The fraction of sp³-hybridized carbons (Fsp3) is 0.941. The van der Waals surface area contributed by atoms with E-state index in [1.54, 1.807) is 52.6 Å². The predicted molar refractivity (Wildman–Crippen MR) is 81.5 cm³/mol. The molecule has 3 saturated carbocycles. The first-order valence-corrected chi connectivity index (χ1v) is 8.26. The maximum Gasteiger partial charge on any atom is 0.302 e. The first-order valence-electron chi connectivity index (χ1n) is 8.26. The van der Waals surface area contributed by atoms with E-state index in [-0.39, 0.29) is 5.97 Å². The number of hydrogen-bond donors (Lipinski definition) is 0. The third-order valence-electron chi connectivity index (χ3n) is 4.99. The minimum Gasteiger partial charge on any atom is -0.466 e. The molecule has 0 radical (unpaired) electrons. The van der Waals surface area contributed by atoms with Gasteiger partial charge >= 0.3 is 5.97 Å². The van der Waals surface area contributed by atoms with Crippen molar-refractivity contribution in [2.24, 2.45) is 23.7 Å². The highest BCUT2D eigenvalue weighted by Gasteiger charge is 2.48. The number of esters is 1. The number of rotatable bonds is 2. The number of hydrogen-bond acceptors (Lipinski definition) is 3. The Balaban J connectivity index is 0.000000174. The Labute approximate surface area is 124 Å². The van der Waals surface area contributed by atoms with Crippen LogP contribution in [-0.4, -0.2) is 26.3 Å². The average Bonchev–Trinajstić information content (AvgIpc) is 3.13. The molecular formula is C17H32O3. The summed E-state index contributed by atoms with van der Waals surface area (Å²) in [6.45, 7) is 6.43. The number of carbonyl (C=O) groups is 1. The van der Waals surface area contributed by atoms with E-state index >= 15 is 0 Å². The molecule has 0 saturated heterocycles. The van der Waals surface area contributed by atoms with E-state index in [1.807, 2.05) is 6.92 Å². The van der Waals surface area contributed by atoms with Crippen LogP contribution in [0.4, 0.5) is 0 Å². The first kappa shape index (κ1) is 17.5. The SMILES string of the molecule is C1CC2C3CCC(C3)C2C1.CCOC.CCOC(C)=O. The van der Waals surface area contributed by atoms with Gasteiger partial charge in [-0.1, -0.05) is 6.42 Å². The van der Waals surface area contributed by atoms with Crippen molar-refractivity contribution < 1.29 is 14.3 Å². The lowest BCUT2D eigenvalue weighted by Gasteiger charge is -2.23. The van der Waals surface area contributed by atoms with Gasteiger partial charge in [0.05, 0.1) is 6.61 Å². The molecule has 3 nitrogen and oxygen atoms in total. The Kier molecular flexibility index (Phi) is 8.20. The Morgan fingerprint density at radius 2 is 1.50 bits per heavy atom. The lowest BCUT2D eigenvalue weighted by atomic mass is 9.82. The van der Waals surface area contributed by atoms with Crippen molar-refractivity contribution >= 4 is 5.97 Å². The summed E-state index contributed by atoms with van der Waals surface area (Å²) < 4.78 is 8.94. The van der Waals surface area contributed by atoms with Gasteiger partial charge in [-0.2, -0.15) is 0 Å². The number of carbonyl (C=O) groups excluding carboxylic acids is 1. The van der Waals surface area contributed by atoms with Gasteiger partial charge in [0.25, 0.3) is 0 Å². The summed E-state index contributed by atoms with van der Waals surface area (Å²) in [6.07, 6.45) is 9.53. The summed E-state index contributed by atoms with van der Waals surface area (Å²) in [7, 11) is 1.68. The molecular weight excluding hydrogens is 252 g/mol. The fourth-order valence-corrected chi connectivity index (χ4v) is 4.22. The van der Waals surface area contributed by atoms with E-state index in [2.05, 4.69) is 9.47 Å². The summed E-state index contributed by atoms with van der Waals surface area (Å²) in [4.78, 5) is 9.82. The molecule has 0 aromatic heterocycles. The van der Waals surface area contributed by atoms with Gasteiger partial charge in [0.15, 0.2) is 0 Å². The first-order chi connectivity index (χ1) is 9.63. The summed E-state index contributed by atoms with van der Waals surface area (Å²) in [5.74, 6) is 4.59. The van der Waals surface area contributed by atoms with Crippen molar-refractivity contribution in [2.45, 2.75) is 59.3 Å². The van der Waals surface area contributed by atoms with Crippen LogP contribution >= 0.6 is 0 Å². The summed E-state index contributed by atoms with van der Waals surface area (Å²) in [6, 6.07) is 0. The van der Waals surface area contributed by atoms with Crippen molar-refractivity contribution in [3.05, 3.63) is 0 Å². The van der Waals surface area contributed by atoms with E-state index in [0.29, 0.717) is 6.61 Å². The van der Waals surface area contributed by atoms with Crippen LogP contribution in [-0.2, 0) is 14.3 Å². The molecule has 4 unspecified atom stereocenters. The molecule has 3 aliphatic rings. The minimum atomic E-state index is -0.211. The smallest absolute Gasteiger partial charge is 0.302 e.